The van der Waals surface area contributed by atoms with Crippen molar-refractivity contribution in [2.24, 2.45) is 0 Å². The van der Waals surface area contributed by atoms with Gasteiger partial charge in [-0.25, -0.2) is 9.97 Å². The first-order valence-corrected chi connectivity index (χ1v) is 7.55. The molecule has 1 fully saturated rings. The molecule has 1 aromatic heterocycles. The lowest BCUT2D eigenvalue weighted by Crippen LogP contribution is -2.34. The summed E-state index contributed by atoms with van der Waals surface area (Å²) in [5.74, 6) is 0.806. The minimum absolute atomic E-state index is 0.483. The molecule has 0 unspecified atom stereocenters. The van der Waals surface area contributed by atoms with Crippen LogP contribution >= 0.6 is 11.6 Å². The van der Waals surface area contributed by atoms with Crippen LogP contribution in [0.5, 0.6) is 0 Å². The van der Waals surface area contributed by atoms with Crippen molar-refractivity contribution in [2.45, 2.75) is 44.6 Å². The highest BCUT2D eigenvalue weighted by Crippen LogP contribution is 2.21. The van der Waals surface area contributed by atoms with Crippen molar-refractivity contribution in [1.29, 1.82) is 0 Å². The van der Waals surface area contributed by atoms with Crippen molar-refractivity contribution in [2.75, 3.05) is 25.5 Å². The molecule has 0 bridgehead atoms. The average Bonchev–Trinajstić information content (AvgIpc) is 2.44. The minimum atomic E-state index is 0.483. The number of hydrogen-bond donors (Lipinski definition) is 1. The van der Waals surface area contributed by atoms with E-state index < -0.39 is 0 Å². The van der Waals surface area contributed by atoms with E-state index in [-0.39, 0.29) is 0 Å². The molecule has 0 amide bonds. The first-order chi connectivity index (χ1) is 9.25. The number of hydrogen-bond acceptors (Lipinski definition) is 4. The Bertz CT molecular complexity index is 379. The predicted octanol–water partition coefficient (Wildman–Crippen LogP) is 3.20. The van der Waals surface area contributed by atoms with Gasteiger partial charge in [-0.1, -0.05) is 30.9 Å². The molecule has 0 atom stereocenters. The fraction of sp³-hybridized carbons (Fsp3) is 0.714. The van der Waals surface area contributed by atoms with Crippen LogP contribution in [0.1, 0.15) is 38.5 Å². The summed E-state index contributed by atoms with van der Waals surface area (Å²) < 4.78 is 0. The molecule has 19 heavy (non-hydrogen) atoms. The van der Waals surface area contributed by atoms with Gasteiger partial charge in [0.15, 0.2) is 0 Å². The van der Waals surface area contributed by atoms with E-state index in [1.807, 2.05) is 0 Å². The molecule has 1 N–H and O–H groups in total. The van der Waals surface area contributed by atoms with Crippen LogP contribution in [0, 0.1) is 0 Å². The zero-order chi connectivity index (χ0) is 13.5. The minimum Gasteiger partial charge on any atom is -0.370 e. The molecular formula is C14H23ClN4. The van der Waals surface area contributed by atoms with Gasteiger partial charge in [-0.15, -0.1) is 0 Å². The summed E-state index contributed by atoms with van der Waals surface area (Å²) in [4.78, 5) is 10.5. The molecular weight excluding hydrogens is 260 g/mol. The van der Waals surface area contributed by atoms with Crippen LogP contribution in [0.15, 0.2) is 12.4 Å². The summed E-state index contributed by atoms with van der Waals surface area (Å²) in [6, 6.07) is 2.55. The van der Waals surface area contributed by atoms with Gasteiger partial charge in [0, 0.05) is 18.7 Å². The molecule has 1 aromatic rings. The smallest absolute Gasteiger partial charge is 0.134 e. The Morgan fingerprint density at radius 3 is 2.84 bits per heavy atom. The third-order valence-corrected chi connectivity index (χ3v) is 4.03. The zero-order valence-corrected chi connectivity index (χ0v) is 12.4. The molecule has 1 heterocycles. The molecule has 2 rings (SSSR count). The lowest BCUT2D eigenvalue weighted by atomic mass is 9.94. The Morgan fingerprint density at radius 1 is 1.32 bits per heavy atom. The fourth-order valence-corrected chi connectivity index (χ4v) is 2.83. The molecule has 1 aliphatic rings. The highest BCUT2D eigenvalue weighted by atomic mass is 35.5. The molecule has 0 spiro atoms. The third kappa shape index (κ3) is 4.96. The Kier molecular flexibility index (Phi) is 5.86. The zero-order valence-electron chi connectivity index (χ0n) is 11.6. The monoisotopic (exact) mass is 282 g/mol. The second-order valence-electron chi connectivity index (χ2n) is 5.28. The van der Waals surface area contributed by atoms with E-state index in [4.69, 9.17) is 11.6 Å². The van der Waals surface area contributed by atoms with Crippen LogP contribution < -0.4 is 5.32 Å². The first-order valence-electron chi connectivity index (χ1n) is 7.17. The SMILES string of the molecule is CN(CCCNc1cc(Cl)ncn1)C1CCCCC1. The van der Waals surface area contributed by atoms with E-state index in [0.29, 0.717) is 5.15 Å². The van der Waals surface area contributed by atoms with E-state index in [1.54, 1.807) is 6.07 Å². The first kappa shape index (κ1) is 14.5. The van der Waals surface area contributed by atoms with E-state index in [9.17, 15) is 0 Å². The Balaban J connectivity index is 1.63. The largest absolute Gasteiger partial charge is 0.370 e. The average molecular weight is 283 g/mol. The van der Waals surface area contributed by atoms with Crippen LogP contribution in [-0.4, -0.2) is 41.0 Å². The molecule has 1 saturated carbocycles. The Hall–Kier alpha value is -0.870. The van der Waals surface area contributed by atoms with E-state index in [1.165, 1.54) is 38.4 Å². The lowest BCUT2D eigenvalue weighted by molar-refractivity contribution is 0.191. The van der Waals surface area contributed by atoms with E-state index in [2.05, 4.69) is 27.2 Å². The number of nitrogens with one attached hydrogen (secondary N) is 1. The summed E-state index contributed by atoms with van der Waals surface area (Å²) in [5.41, 5.74) is 0. The molecule has 0 saturated heterocycles. The second kappa shape index (κ2) is 7.65. The maximum absolute atomic E-state index is 5.81. The number of anilines is 1. The molecule has 0 aromatic carbocycles. The van der Waals surface area contributed by atoms with Gasteiger partial charge in [-0.3, -0.25) is 0 Å². The fourth-order valence-electron chi connectivity index (χ4n) is 2.68. The molecule has 1 aliphatic carbocycles. The van der Waals surface area contributed by atoms with Crippen molar-refractivity contribution in [3.05, 3.63) is 17.5 Å². The van der Waals surface area contributed by atoms with Crippen molar-refractivity contribution >= 4 is 17.4 Å². The highest BCUT2D eigenvalue weighted by molar-refractivity contribution is 6.29. The normalized spacial score (nSPS) is 16.8. The lowest BCUT2D eigenvalue weighted by Gasteiger charge is -2.31. The number of nitrogens with zero attached hydrogens (tertiary/aromatic N) is 3. The molecule has 4 nitrogen and oxygen atoms in total. The van der Waals surface area contributed by atoms with Gasteiger partial charge >= 0.3 is 0 Å². The van der Waals surface area contributed by atoms with Crippen molar-refractivity contribution < 1.29 is 0 Å². The van der Waals surface area contributed by atoms with Crippen LogP contribution in [0.3, 0.4) is 0 Å². The summed E-state index contributed by atoms with van der Waals surface area (Å²) in [6.07, 6.45) is 9.55. The Morgan fingerprint density at radius 2 is 2.11 bits per heavy atom. The summed E-state index contributed by atoms with van der Waals surface area (Å²) in [5, 5.41) is 3.76. The number of aromatic nitrogens is 2. The predicted molar refractivity (Wildman–Crippen MR) is 79.7 cm³/mol. The van der Waals surface area contributed by atoms with Crippen molar-refractivity contribution in [1.82, 2.24) is 14.9 Å². The van der Waals surface area contributed by atoms with Crippen LogP contribution in [0.25, 0.3) is 0 Å². The van der Waals surface area contributed by atoms with E-state index in [0.717, 1.165) is 31.4 Å². The van der Waals surface area contributed by atoms with Crippen LogP contribution in [0.2, 0.25) is 5.15 Å². The summed E-state index contributed by atoms with van der Waals surface area (Å²) in [7, 11) is 2.25. The van der Waals surface area contributed by atoms with Gasteiger partial charge in [0.1, 0.15) is 17.3 Å². The van der Waals surface area contributed by atoms with E-state index >= 15 is 0 Å². The quantitative estimate of drug-likeness (QED) is 0.643. The maximum atomic E-state index is 5.81. The summed E-state index contributed by atoms with van der Waals surface area (Å²) >= 11 is 5.81. The van der Waals surface area contributed by atoms with Gasteiger partial charge in [0.25, 0.3) is 0 Å². The number of rotatable bonds is 6. The number of halogens is 1. The highest BCUT2D eigenvalue weighted by Gasteiger charge is 2.17. The van der Waals surface area contributed by atoms with Gasteiger partial charge < -0.3 is 10.2 Å². The van der Waals surface area contributed by atoms with Crippen LogP contribution in [0.4, 0.5) is 5.82 Å². The third-order valence-electron chi connectivity index (χ3n) is 3.83. The van der Waals surface area contributed by atoms with Gasteiger partial charge in [0.2, 0.25) is 0 Å². The maximum Gasteiger partial charge on any atom is 0.134 e. The van der Waals surface area contributed by atoms with Crippen molar-refractivity contribution in [3.63, 3.8) is 0 Å². The van der Waals surface area contributed by atoms with Crippen LogP contribution in [-0.2, 0) is 0 Å². The summed E-state index contributed by atoms with van der Waals surface area (Å²) in [6.45, 7) is 2.06. The molecule has 106 valence electrons. The molecule has 5 heteroatoms. The van der Waals surface area contributed by atoms with Crippen molar-refractivity contribution in [3.8, 4) is 0 Å². The molecule has 0 aliphatic heterocycles. The molecule has 0 radical (unpaired) electrons. The van der Waals surface area contributed by atoms with Gasteiger partial charge in [-0.05, 0) is 32.9 Å². The standard InChI is InChI=1S/C14H23ClN4/c1-19(12-6-3-2-4-7-12)9-5-8-16-14-10-13(15)17-11-18-14/h10-12H,2-9H2,1H3,(H,16,17,18). The van der Waals surface area contributed by atoms with Gasteiger partial charge in [-0.2, -0.15) is 0 Å². The van der Waals surface area contributed by atoms with Gasteiger partial charge in [0.05, 0.1) is 0 Å². The topological polar surface area (TPSA) is 41.0 Å². The Labute approximate surface area is 120 Å². The second-order valence-corrected chi connectivity index (χ2v) is 5.67.